The molecule has 1 N–H and O–H groups in total. The number of rotatable bonds is 16. The van der Waals surface area contributed by atoms with Crippen molar-refractivity contribution < 1.29 is 33.8 Å². The van der Waals surface area contributed by atoms with E-state index in [2.05, 4.69) is 13.2 Å². The normalized spacial score (nSPS) is 25.5. The maximum Gasteiger partial charge on any atom is 0.313 e. The Morgan fingerprint density at radius 3 is 2.32 bits per heavy atom. The van der Waals surface area contributed by atoms with E-state index in [-0.39, 0.29) is 43.2 Å². The predicted molar refractivity (Wildman–Crippen MR) is 189 cm³/mol. The fraction of sp³-hybridized carbons (Fsp3) is 0.500. The number of aliphatic hydroxyl groups excluding tert-OH is 1. The number of nitrogens with zero attached hydrogens (tertiary/aromatic N) is 3. The molecule has 1 spiro atoms. The molecule has 5 rings (SSSR count). The topological polar surface area (TPSA) is 117 Å². The van der Waals surface area contributed by atoms with E-state index < -0.39 is 53.7 Å². The molecule has 8 atom stereocenters. The van der Waals surface area contributed by atoms with Crippen LogP contribution >= 0.6 is 0 Å². The van der Waals surface area contributed by atoms with E-state index in [1.54, 1.807) is 29.0 Å². The van der Waals surface area contributed by atoms with Crippen molar-refractivity contribution in [2.45, 2.75) is 88.9 Å². The van der Waals surface area contributed by atoms with Crippen molar-refractivity contribution in [3.63, 3.8) is 0 Å². The second kappa shape index (κ2) is 15.7. The van der Waals surface area contributed by atoms with Crippen LogP contribution in [0.2, 0.25) is 0 Å². The smallest absolute Gasteiger partial charge is 0.313 e. The quantitative estimate of drug-likeness (QED) is 0.201. The molecule has 3 amide bonds. The summed E-state index contributed by atoms with van der Waals surface area (Å²) >= 11 is 0. The van der Waals surface area contributed by atoms with Crippen LogP contribution in [0.15, 0.2) is 86.0 Å². The summed E-state index contributed by atoms with van der Waals surface area (Å²) in [4.78, 5) is 61.7. The molecule has 268 valence electrons. The number of likely N-dealkylation sites (N-methyl/N-ethyl adjacent to an activating group) is 1. The van der Waals surface area contributed by atoms with Crippen LogP contribution < -0.4 is 0 Å². The van der Waals surface area contributed by atoms with Gasteiger partial charge in [-0.15, -0.1) is 13.2 Å². The van der Waals surface area contributed by atoms with Gasteiger partial charge in [0.15, 0.2) is 0 Å². The van der Waals surface area contributed by atoms with Gasteiger partial charge in [-0.05, 0) is 43.2 Å². The monoisotopic (exact) mass is 685 g/mol. The van der Waals surface area contributed by atoms with E-state index >= 15 is 0 Å². The summed E-state index contributed by atoms with van der Waals surface area (Å²) < 4.78 is 13.0. The zero-order valence-electron chi connectivity index (χ0n) is 29.6. The highest BCUT2D eigenvalue weighted by molar-refractivity contribution is 5.98. The van der Waals surface area contributed by atoms with Gasteiger partial charge in [-0.25, -0.2) is 0 Å². The first-order valence-corrected chi connectivity index (χ1v) is 17.7. The molecule has 0 unspecified atom stereocenters. The number of hydrogen-bond donors (Lipinski definition) is 1. The molecule has 0 saturated carbocycles. The van der Waals surface area contributed by atoms with E-state index in [1.807, 2.05) is 81.4 Å². The van der Waals surface area contributed by atoms with E-state index in [0.29, 0.717) is 31.4 Å². The van der Waals surface area contributed by atoms with Crippen molar-refractivity contribution in [3.05, 3.63) is 97.1 Å². The zero-order chi connectivity index (χ0) is 36.2. The molecular formula is C40H51N3O7. The van der Waals surface area contributed by atoms with Gasteiger partial charge in [-0.3, -0.25) is 19.2 Å². The molecule has 50 heavy (non-hydrogen) atoms. The molecule has 3 aliphatic rings. The Balaban J connectivity index is 1.50. The van der Waals surface area contributed by atoms with Gasteiger partial charge >= 0.3 is 5.97 Å². The predicted octanol–water partition coefficient (Wildman–Crippen LogP) is 4.69. The van der Waals surface area contributed by atoms with Crippen LogP contribution in [0.3, 0.4) is 0 Å². The minimum Gasteiger partial charge on any atom is -0.455 e. The van der Waals surface area contributed by atoms with E-state index in [9.17, 15) is 24.3 Å². The molecule has 2 aromatic carbocycles. The Labute approximate surface area is 295 Å². The number of amides is 3. The van der Waals surface area contributed by atoms with Crippen molar-refractivity contribution in [2.24, 2.45) is 17.8 Å². The number of carbonyl (C=O) groups excluding carboxylic acids is 4. The first-order chi connectivity index (χ1) is 24.0. The molecule has 3 heterocycles. The van der Waals surface area contributed by atoms with Crippen molar-refractivity contribution in [2.75, 3.05) is 20.2 Å². The van der Waals surface area contributed by atoms with Gasteiger partial charge in [0.1, 0.15) is 17.7 Å². The first-order valence-electron chi connectivity index (χ1n) is 17.7. The Hall–Kier alpha value is -4.28. The lowest BCUT2D eigenvalue weighted by Gasteiger charge is -2.40. The minimum atomic E-state index is -1.27. The van der Waals surface area contributed by atoms with Gasteiger partial charge in [0, 0.05) is 26.6 Å². The summed E-state index contributed by atoms with van der Waals surface area (Å²) in [5.74, 6) is -3.54. The first kappa shape index (κ1) is 37.0. The van der Waals surface area contributed by atoms with Gasteiger partial charge in [-0.2, -0.15) is 0 Å². The molecule has 10 heteroatoms. The fourth-order valence-corrected chi connectivity index (χ4v) is 8.10. The average molecular weight is 686 g/mol. The average Bonchev–Trinajstić information content (AvgIpc) is 3.77. The molecule has 0 radical (unpaired) electrons. The number of aliphatic hydroxyl groups is 1. The second-order valence-corrected chi connectivity index (χ2v) is 14.1. The number of allylic oxidation sites excluding steroid dienone is 1. The maximum absolute atomic E-state index is 14.8. The molecular weight excluding hydrogens is 634 g/mol. The Morgan fingerprint density at radius 1 is 1.06 bits per heavy atom. The molecule has 3 saturated heterocycles. The molecule has 3 fully saturated rings. The molecule has 2 aromatic rings. The highest BCUT2D eigenvalue weighted by Gasteiger charge is 2.76. The number of likely N-dealkylation sites (tertiary alicyclic amines) is 1. The fourth-order valence-electron chi connectivity index (χ4n) is 8.10. The van der Waals surface area contributed by atoms with E-state index in [0.717, 1.165) is 5.56 Å². The van der Waals surface area contributed by atoms with Crippen LogP contribution in [0, 0.1) is 17.8 Å². The van der Waals surface area contributed by atoms with Crippen molar-refractivity contribution in [1.82, 2.24) is 14.7 Å². The van der Waals surface area contributed by atoms with Gasteiger partial charge in [0.2, 0.25) is 17.7 Å². The summed E-state index contributed by atoms with van der Waals surface area (Å²) in [6, 6.07) is 16.6. The van der Waals surface area contributed by atoms with Gasteiger partial charge in [-0.1, -0.05) is 86.7 Å². The molecule has 0 aromatic heterocycles. The lowest BCUT2D eigenvalue weighted by Crippen LogP contribution is -2.59. The second-order valence-electron chi connectivity index (χ2n) is 14.1. The molecule has 0 aliphatic carbocycles. The third-order valence-corrected chi connectivity index (χ3v) is 10.8. The number of fused-ring (bicyclic) bond motifs is 1. The lowest BCUT2D eigenvalue weighted by atomic mass is 9.70. The summed E-state index contributed by atoms with van der Waals surface area (Å²) in [5.41, 5.74) is 0.359. The molecule has 3 aliphatic heterocycles. The molecule has 2 bridgehead atoms. The van der Waals surface area contributed by atoms with Gasteiger partial charge in [0.25, 0.3) is 0 Å². The van der Waals surface area contributed by atoms with Crippen LogP contribution in [0.1, 0.15) is 63.7 Å². The largest absolute Gasteiger partial charge is 0.455 e. The Morgan fingerprint density at radius 2 is 1.72 bits per heavy atom. The summed E-state index contributed by atoms with van der Waals surface area (Å²) in [6.45, 7) is 13.4. The van der Waals surface area contributed by atoms with Crippen molar-refractivity contribution in [3.8, 4) is 0 Å². The third kappa shape index (κ3) is 6.88. The number of carbonyl (C=O) groups is 4. The standard InChI is InChI=1S/C40H51N3O7/c1-7-9-20-32(45)41(6)27(5)35(29-18-14-11-15-19-29)49-39(48)33-31-21-22-40(50-31)34(33)37(46)43(30(25-44)26(3)4)36(40)38(47)42(23-8-2)24-28-16-12-10-13-17-28/h7-8,10-19,26-27,30-31,33-36,44H,1-2,9,20-25H2,3-6H3/t27-,30-,31+,33-,34-,35+,36+,40-/m0/s1. The van der Waals surface area contributed by atoms with Gasteiger partial charge < -0.3 is 29.3 Å². The van der Waals surface area contributed by atoms with Gasteiger partial charge in [0.05, 0.1) is 36.6 Å². The highest BCUT2D eigenvalue weighted by Crippen LogP contribution is 2.59. The van der Waals surface area contributed by atoms with Crippen molar-refractivity contribution in [1.29, 1.82) is 0 Å². The zero-order valence-corrected chi connectivity index (χ0v) is 29.6. The van der Waals surface area contributed by atoms with Crippen LogP contribution in [-0.4, -0.2) is 93.5 Å². The minimum absolute atomic E-state index is 0.108. The summed E-state index contributed by atoms with van der Waals surface area (Å²) in [5, 5.41) is 10.6. The van der Waals surface area contributed by atoms with E-state index in [1.165, 1.54) is 4.90 Å². The maximum atomic E-state index is 14.8. The SMILES string of the molecule is C=CCCC(=O)N(C)[C@@H](C)[C@@H](OC(=O)[C@@H]1[C@H]2C(=O)N([C@@H](CO)C(C)C)[C@H](C(=O)N(CC=C)Cc3ccccc3)[C@]23CC[C@H]1O3)c1ccccc1. The van der Waals surface area contributed by atoms with E-state index in [4.69, 9.17) is 9.47 Å². The number of ether oxygens (including phenoxy) is 2. The Kier molecular flexibility index (Phi) is 11.6. The van der Waals surface area contributed by atoms with Crippen LogP contribution in [0.4, 0.5) is 0 Å². The van der Waals surface area contributed by atoms with Crippen molar-refractivity contribution >= 4 is 23.7 Å². The molecule has 10 nitrogen and oxygen atoms in total. The van der Waals surface area contributed by atoms with Crippen LogP contribution in [-0.2, 0) is 35.2 Å². The van der Waals surface area contributed by atoms with Crippen LogP contribution in [0.5, 0.6) is 0 Å². The number of hydrogen-bond acceptors (Lipinski definition) is 7. The number of esters is 1. The highest BCUT2D eigenvalue weighted by atomic mass is 16.6. The number of benzene rings is 2. The third-order valence-electron chi connectivity index (χ3n) is 10.8. The van der Waals surface area contributed by atoms with Crippen LogP contribution in [0.25, 0.3) is 0 Å². The lowest BCUT2D eigenvalue weighted by molar-refractivity contribution is -0.165. The Bertz CT molecular complexity index is 1550. The summed E-state index contributed by atoms with van der Waals surface area (Å²) in [7, 11) is 1.69. The summed E-state index contributed by atoms with van der Waals surface area (Å²) in [6.07, 6.45) is 3.58.